The molecule has 0 saturated heterocycles. The highest BCUT2D eigenvalue weighted by Gasteiger charge is 2.41. The van der Waals surface area contributed by atoms with Gasteiger partial charge in [0.05, 0.1) is 0 Å². The third kappa shape index (κ3) is 25.4. The van der Waals surface area contributed by atoms with Gasteiger partial charge in [-0.3, -0.25) is 0 Å². The average Bonchev–Trinajstić information content (AvgIpc) is 2.96. The summed E-state index contributed by atoms with van der Waals surface area (Å²) in [7, 11) is -4.95. The molecule has 0 aliphatic rings. The highest BCUT2D eigenvalue weighted by molar-refractivity contribution is 7.80. The minimum Gasteiger partial charge on any atom is -0.373 e. The van der Waals surface area contributed by atoms with E-state index >= 15 is 0 Å². The maximum Gasteiger partial charge on any atom is 0.500 e. The van der Waals surface area contributed by atoms with Crippen LogP contribution in [0.15, 0.2) is 0 Å². The molecule has 0 aromatic carbocycles. The van der Waals surface area contributed by atoms with E-state index in [9.17, 15) is 0 Å². The first-order valence-corrected chi connectivity index (χ1v) is 21.7. The van der Waals surface area contributed by atoms with Crippen molar-refractivity contribution in [2.24, 2.45) is 0 Å². The summed E-state index contributed by atoms with van der Waals surface area (Å²) in [6.45, 7) is 17.6. The fourth-order valence-corrected chi connectivity index (χ4v) is 9.74. The maximum atomic E-state index is 6.13. The summed E-state index contributed by atoms with van der Waals surface area (Å²) in [5.74, 6) is 1.72. The molecule has 0 aromatic rings. The topological polar surface area (TPSA) is 55.4 Å². The second-order valence-electron chi connectivity index (χ2n) is 10.2. The first-order chi connectivity index (χ1) is 19.5. The van der Waals surface area contributed by atoms with Gasteiger partial charge in [0.1, 0.15) is 0 Å². The van der Waals surface area contributed by atoms with E-state index in [1.165, 1.54) is 0 Å². The van der Waals surface area contributed by atoms with Gasteiger partial charge in [0.2, 0.25) is 0 Å². The molecule has 0 aromatic heterocycles. The second kappa shape index (κ2) is 32.8. The van der Waals surface area contributed by atoms with Crippen LogP contribution in [-0.2, 0) is 26.6 Å². The van der Waals surface area contributed by atoms with Crippen LogP contribution in [0.5, 0.6) is 0 Å². The van der Waals surface area contributed by atoms with Crippen LogP contribution in [-0.4, -0.2) is 68.8 Å². The summed E-state index contributed by atoms with van der Waals surface area (Å²) in [5.41, 5.74) is 0. The lowest BCUT2D eigenvalue weighted by atomic mass is 10.4. The van der Waals surface area contributed by atoms with Gasteiger partial charge in [-0.05, 0) is 62.9 Å². The zero-order valence-corrected chi connectivity index (χ0v) is 31.1. The van der Waals surface area contributed by atoms with E-state index < -0.39 is 17.6 Å². The van der Waals surface area contributed by atoms with Gasteiger partial charge >= 0.3 is 17.6 Å². The first-order valence-electron chi connectivity index (χ1n) is 16.5. The number of unbranched alkanes of at least 4 members (excludes halogenated alkanes) is 6. The van der Waals surface area contributed by atoms with Crippen LogP contribution >= 0.6 is 25.3 Å². The molecule has 0 saturated carbocycles. The van der Waals surface area contributed by atoms with Gasteiger partial charge in [-0.15, -0.1) is 0 Å². The van der Waals surface area contributed by atoms with Crippen LogP contribution in [0.3, 0.4) is 0 Å². The largest absolute Gasteiger partial charge is 0.500 e. The Morgan fingerprint density at radius 2 is 0.550 bits per heavy atom. The van der Waals surface area contributed by atoms with Crippen LogP contribution in [0.2, 0.25) is 12.1 Å². The van der Waals surface area contributed by atoms with E-state index in [-0.39, 0.29) is 0 Å². The van der Waals surface area contributed by atoms with Crippen LogP contribution < -0.4 is 0 Å². The molecule has 6 nitrogen and oxygen atoms in total. The van der Waals surface area contributed by atoms with Crippen molar-refractivity contribution < 1.29 is 26.6 Å². The normalized spacial score (nSPS) is 12.0. The molecule has 0 heterocycles. The Hall–Kier alpha value is 0.894. The molecule has 0 rings (SSSR count). The Balaban J connectivity index is 0. The summed E-state index contributed by atoms with van der Waals surface area (Å²) in [6, 6.07) is 1.79. The number of hydrogen-bond acceptors (Lipinski definition) is 8. The van der Waals surface area contributed by atoms with E-state index in [4.69, 9.17) is 26.6 Å². The molecule has 0 bridgehead atoms. The van der Waals surface area contributed by atoms with Crippen molar-refractivity contribution in [1.82, 2.24) is 0 Å². The Morgan fingerprint density at radius 3 is 0.700 bits per heavy atom. The molecule has 0 radical (unpaired) electrons. The van der Waals surface area contributed by atoms with Crippen molar-refractivity contribution in [3.05, 3.63) is 0 Å². The molecular formula is C30H68O6S2Si2. The van der Waals surface area contributed by atoms with E-state index in [0.717, 1.165) is 153 Å². The molecule has 0 unspecified atom stereocenters. The van der Waals surface area contributed by atoms with Crippen molar-refractivity contribution >= 4 is 42.9 Å². The molecule has 0 aliphatic carbocycles. The average molecular weight is 645 g/mol. The molecule has 0 N–H and O–H groups in total. The van der Waals surface area contributed by atoms with Crippen LogP contribution in [0.4, 0.5) is 0 Å². The number of rotatable bonds is 30. The van der Waals surface area contributed by atoms with Gasteiger partial charge < -0.3 is 26.6 Å². The highest BCUT2D eigenvalue weighted by Crippen LogP contribution is 2.22. The van der Waals surface area contributed by atoms with Crippen molar-refractivity contribution in [1.29, 1.82) is 0 Å². The molecule has 0 spiro atoms. The van der Waals surface area contributed by atoms with E-state index in [0.29, 0.717) is 0 Å². The molecule has 0 fully saturated rings. The fourth-order valence-electron chi connectivity index (χ4n) is 3.51. The summed E-state index contributed by atoms with van der Waals surface area (Å²) in [4.78, 5) is 0. The summed E-state index contributed by atoms with van der Waals surface area (Å²) < 4.78 is 36.8. The Bertz CT molecular complexity index is 400. The van der Waals surface area contributed by atoms with Crippen molar-refractivity contribution in [2.75, 3.05) is 51.1 Å². The highest BCUT2D eigenvalue weighted by atomic mass is 32.1. The Morgan fingerprint density at radius 1 is 0.350 bits per heavy atom. The van der Waals surface area contributed by atoms with Gasteiger partial charge in [-0.2, -0.15) is 25.3 Å². The molecule has 10 heteroatoms. The van der Waals surface area contributed by atoms with E-state index in [1.807, 2.05) is 0 Å². The standard InChI is InChI=1S/2C15H34O3SSi/c2*1-4-7-11-16-20(15-10-14-19,17-12-8-5-2)18-13-9-6-3/h2*19H,4-15H2,1-3H3. The predicted octanol–water partition coefficient (Wildman–Crippen LogP) is 9.39. The number of hydrogen-bond donors (Lipinski definition) is 2. The maximum absolute atomic E-state index is 6.13. The third-order valence-corrected chi connectivity index (χ3v) is 12.6. The Labute approximate surface area is 263 Å². The van der Waals surface area contributed by atoms with Crippen molar-refractivity contribution in [2.45, 2.75) is 144 Å². The monoisotopic (exact) mass is 644 g/mol. The van der Waals surface area contributed by atoms with Crippen LogP contribution in [0.1, 0.15) is 131 Å². The van der Waals surface area contributed by atoms with E-state index in [2.05, 4.69) is 66.8 Å². The minimum absolute atomic E-state index is 0.757. The number of thiol groups is 2. The van der Waals surface area contributed by atoms with Crippen molar-refractivity contribution in [3.63, 3.8) is 0 Å². The molecular weight excluding hydrogens is 577 g/mol. The minimum atomic E-state index is -2.48. The predicted molar refractivity (Wildman–Crippen MR) is 183 cm³/mol. The van der Waals surface area contributed by atoms with Crippen LogP contribution in [0.25, 0.3) is 0 Å². The summed E-state index contributed by atoms with van der Waals surface area (Å²) >= 11 is 8.63. The van der Waals surface area contributed by atoms with Crippen LogP contribution in [0, 0.1) is 0 Å². The van der Waals surface area contributed by atoms with Crippen molar-refractivity contribution in [3.8, 4) is 0 Å². The van der Waals surface area contributed by atoms with Gasteiger partial charge in [-0.25, -0.2) is 0 Å². The summed E-state index contributed by atoms with van der Waals surface area (Å²) in [6.07, 6.45) is 15.3. The quantitative estimate of drug-likeness (QED) is 0.0462. The molecule has 0 amide bonds. The fraction of sp³-hybridized carbons (Fsp3) is 1.00. The first kappa shape index (κ1) is 43.0. The van der Waals surface area contributed by atoms with Gasteiger partial charge in [-0.1, -0.05) is 80.1 Å². The Kier molecular flexibility index (Phi) is 35.3. The molecule has 244 valence electrons. The zero-order valence-electron chi connectivity index (χ0n) is 27.3. The van der Waals surface area contributed by atoms with Gasteiger partial charge in [0.15, 0.2) is 0 Å². The SMILES string of the molecule is CCCCO[Si](CCCS)(OCCCC)OCCCC.CCCCO[Si](CCCS)(OCCCC)OCCCC. The second-order valence-corrected chi connectivity index (χ2v) is 16.6. The zero-order chi connectivity index (χ0) is 30.2. The lowest BCUT2D eigenvalue weighted by Crippen LogP contribution is -2.46. The molecule has 0 atom stereocenters. The lowest BCUT2D eigenvalue weighted by molar-refractivity contribution is 0.0555. The van der Waals surface area contributed by atoms with Gasteiger partial charge in [0.25, 0.3) is 0 Å². The smallest absolute Gasteiger partial charge is 0.373 e. The molecule has 40 heavy (non-hydrogen) atoms. The summed E-state index contributed by atoms with van der Waals surface area (Å²) in [5, 5.41) is 0. The van der Waals surface area contributed by atoms with E-state index in [1.54, 1.807) is 0 Å². The van der Waals surface area contributed by atoms with Gasteiger partial charge in [0, 0.05) is 51.7 Å². The third-order valence-electron chi connectivity index (χ3n) is 6.20. The lowest BCUT2D eigenvalue weighted by Gasteiger charge is -2.30. The molecule has 0 aliphatic heterocycles.